The van der Waals surface area contributed by atoms with E-state index in [0.29, 0.717) is 6.54 Å². The highest BCUT2D eigenvalue weighted by atomic mass is 32.1. The topological polar surface area (TPSA) is 47.3 Å². The van der Waals surface area contributed by atoms with Crippen LogP contribution in [0.15, 0.2) is 11.4 Å². The number of hydrogen-bond donors (Lipinski definition) is 1. The summed E-state index contributed by atoms with van der Waals surface area (Å²) < 4.78 is 0. The molecule has 0 aliphatic heterocycles. The van der Waals surface area contributed by atoms with Crippen LogP contribution in [0.5, 0.6) is 0 Å². The fourth-order valence-electron chi connectivity index (χ4n) is 1.57. The Bertz CT molecular complexity index is 373. The average Bonchev–Trinajstić information content (AvgIpc) is 2.62. The Balaban J connectivity index is 2.60. The van der Waals surface area contributed by atoms with Gasteiger partial charge in [0.05, 0.1) is 11.2 Å². The molecule has 16 heavy (non-hydrogen) atoms. The minimum absolute atomic E-state index is 0.642. The van der Waals surface area contributed by atoms with Crippen LogP contribution in [0.1, 0.15) is 31.2 Å². The Morgan fingerprint density at radius 1 is 1.56 bits per heavy atom. The molecular weight excluding hydrogens is 220 g/mol. The number of aliphatic hydroxyl groups is 1. The lowest BCUT2D eigenvalue weighted by atomic mass is 10.1. The number of hydrogen-bond acceptors (Lipinski definition) is 4. The summed E-state index contributed by atoms with van der Waals surface area (Å²) in [6.07, 6.45) is 0. The van der Waals surface area contributed by atoms with Gasteiger partial charge in [0.15, 0.2) is 0 Å². The fraction of sp³-hybridized carbons (Fsp3) is 0.583. The molecule has 0 atom stereocenters. The molecule has 0 radical (unpaired) electrons. The Kier molecular flexibility index (Phi) is 4.48. The summed E-state index contributed by atoms with van der Waals surface area (Å²) in [4.78, 5) is 3.34. The SMILES string of the molecule is CCN(Cc1cc(C#N)cs1)CC(C)(C)O. The number of likely N-dealkylation sites (N-methyl/N-ethyl adjacent to an activating group) is 1. The van der Waals surface area contributed by atoms with Crippen molar-refractivity contribution in [3.05, 3.63) is 21.9 Å². The molecule has 88 valence electrons. The molecule has 0 saturated heterocycles. The Morgan fingerprint density at radius 3 is 2.69 bits per heavy atom. The monoisotopic (exact) mass is 238 g/mol. The van der Waals surface area contributed by atoms with Crippen LogP contribution in [0.25, 0.3) is 0 Å². The van der Waals surface area contributed by atoms with Crippen LogP contribution < -0.4 is 0 Å². The molecule has 0 fully saturated rings. The van der Waals surface area contributed by atoms with Crippen LogP contribution in [0.4, 0.5) is 0 Å². The van der Waals surface area contributed by atoms with E-state index in [9.17, 15) is 5.11 Å². The first kappa shape index (κ1) is 13.2. The van der Waals surface area contributed by atoms with Gasteiger partial charge in [0, 0.05) is 23.3 Å². The summed E-state index contributed by atoms with van der Waals surface area (Å²) >= 11 is 1.60. The minimum atomic E-state index is -0.675. The number of rotatable bonds is 5. The van der Waals surface area contributed by atoms with Crippen LogP contribution >= 0.6 is 11.3 Å². The molecule has 1 rings (SSSR count). The smallest absolute Gasteiger partial charge is 0.100 e. The lowest BCUT2D eigenvalue weighted by molar-refractivity contribution is 0.0356. The van der Waals surface area contributed by atoms with E-state index >= 15 is 0 Å². The fourth-order valence-corrected chi connectivity index (χ4v) is 2.42. The highest BCUT2D eigenvalue weighted by Gasteiger charge is 2.17. The van der Waals surface area contributed by atoms with E-state index in [2.05, 4.69) is 17.9 Å². The molecule has 0 amide bonds. The maximum absolute atomic E-state index is 9.76. The molecule has 1 aromatic heterocycles. The van der Waals surface area contributed by atoms with Crippen molar-refractivity contribution in [2.45, 2.75) is 32.9 Å². The standard InChI is InChI=1S/C12H18N2OS/c1-4-14(9-12(2,3)15)7-11-5-10(6-13)8-16-11/h5,8,15H,4,7,9H2,1-3H3. The van der Waals surface area contributed by atoms with Crippen molar-refractivity contribution >= 4 is 11.3 Å². The molecule has 0 spiro atoms. The van der Waals surface area contributed by atoms with Gasteiger partial charge < -0.3 is 5.11 Å². The molecular formula is C12H18N2OS. The van der Waals surface area contributed by atoms with E-state index in [1.54, 1.807) is 11.3 Å². The van der Waals surface area contributed by atoms with Crippen LogP contribution in [0.3, 0.4) is 0 Å². The maximum Gasteiger partial charge on any atom is 0.100 e. The van der Waals surface area contributed by atoms with E-state index in [0.717, 1.165) is 18.7 Å². The van der Waals surface area contributed by atoms with E-state index in [4.69, 9.17) is 5.26 Å². The third kappa shape index (κ3) is 4.31. The Labute approximate surface area is 101 Å². The van der Waals surface area contributed by atoms with Gasteiger partial charge >= 0.3 is 0 Å². The maximum atomic E-state index is 9.76. The van der Waals surface area contributed by atoms with Gasteiger partial charge in [-0.1, -0.05) is 6.92 Å². The molecule has 0 bridgehead atoms. The molecule has 4 heteroatoms. The Morgan fingerprint density at radius 2 is 2.25 bits per heavy atom. The summed E-state index contributed by atoms with van der Waals surface area (Å²) in [6, 6.07) is 4.04. The van der Waals surface area contributed by atoms with Gasteiger partial charge in [-0.3, -0.25) is 4.90 Å². The molecule has 0 aliphatic carbocycles. The summed E-state index contributed by atoms with van der Waals surface area (Å²) in [6.45, 7) is 8.03. The second-order valence-corrected chi connectivity index (χ2v) is 5.52. The molecule has 0 aromatic carbocycles. The first-order valence-corrected chi connectivity index (χ1v) is 6.25. The van der Waals surface area contributed by atoms with Gasteiger partial charge in [-0.2, -0.15) is 5.26 Å². The average molecular weight is 238 g/mol. The molecule has 0 unspecified atom stereocenters. The van der Waals surface area contributed by atoms with Gasteiger partial charge in [-0.15, -0.1) is 11.3 Å². The van der Waals surface area contributed by atoms with Crippen LogP contribution in [-0.4, -0.2) is 28.7 Å². The zero-order chi connectivity index (χ0) is 12.2. The summed E-state index contributed by atoms with van der Waals surface area (Å²) in [5, 5.41) is 20.4. The van der Waals surface area contributed by atoms with Crippen molar-refractivity contribution in [3.63, 3.8) is 0 Å². The predicted octanol–water partition coefficient (Wildman–Crippen LogP) is 2.21. The lowest BCUT2D eigenvalue weighted by Gasteiger charge is -2.27. The predicted molar refractivity (Wildman–Crippen MR) is 66.3 cm³/mol. The van der Waals surface area contributed by atoms with Gasteiger partial charge in [-0.25, -0.2) is 0 Å². The summed E-state index contributed by atoms with van der Waals surface area (Å²) in [7, 11) is 0. The second kappa shape index (κ2) is 5.44. The number of nitriles is 1. The van der Waals surface area contributed by atoms with Crippen molar-refractivity contribution in [3.8, 4) is 6.07 Å². The normalized spacial score (nSPS) is 11.8. The second-order valence-electron chi connectivity index (χ2n) is 4.53. The van der Waals surface area contributed by atoms with E-state index in [-0.39, 0.29) is 0 Å². The molecule has 1 heterocycles. The highest BCUT2D eigenvalue weighted by Crippen LogP contribution is 2.17. The zero-order valence-corrected chi connectivity index (χ0v) is 10.8. The van der Waals surface area contributed by atoms with Crippen LogP contribution in [-0.2, 0) is 6.54 Å². The summed E-state index contributed by atoms with van der Waals surface area (Å²) in [5.74, 6) is 0. The van der Waals surface area contributed by atoms with Gasteiger partial charge in [-0.05, 0) is 26.5 Å². The van der Waals surface area contributed by atoms with Crippen LogP contribution in [0.2, 0.25) is 0 Å². The first-order valence-electron chi connectivity index (χ1n) is 5.37. The first-order chi connectivity index (χ1) is 7.44. The minimum Gasteiger partial charge on any atom is -0.389 e. The van der Waals surface area contributed by atoms with Crippen molar-refractivity contribution in [2.75, 3.05) is 13.1 Å². The van der Waals surface area contributed by atoms with E-state index in [1.807, 2.05) is 25.3 Å². The van der Waals surface area contributed by atoms with Crippen molar-refractivity contribution in [1.82, 2.24) is 4.90 Å². The van der Waals surface area contributed by atoms with Gasteiger partial charge in [0.1, 0.15) is 6.07 Å². The lowest BCUT2D eigenvalue weighted by Crippen LogP contribution is -2.37. The molecule has 1 aromatic rings. The van der Waals surface area contributed by atoms with Crippen molar-refractivity contribution in [2.24, 2.45) is 0 Å². The van der Waals surface area contributed by atoms with Crippen LogP contribution in [0, 0.1) is 11.3 Å². The quantitative estimate of drug-likeness (QED) is 0.855. The highest BCUT2D eigenvalue weighted by molar-refractivity contribution is 7.10. The van der Waals surface area contributed by atoms with E-state index in [1.165, 1.54) is 4.88 Å². The number of nitrogens with zero attached hydrogens (tertiary/aromatic N) is 2. The number of thiophene rings is 1. The zero-order valence-electron chi connectivity index (χ0n) is 10.0. The molecule has 3 nitrogen and oxygen atoms in total. The van der Waals surface area contributed by atoms with E-state index < -0.39 is 5.60 Å². The third-order valence-corrected chi connectivity index (χ3v) is 3.14. The van der Waals surface area contributed by atoms with Gasteiger partial charge in [0.25, 0.3) is 0 Å². The summed E-state index contributed by atoms with van der Waals surface area (Å²) in [5.41, 5.74) is 0.0463. The van der Waals surface area contributed by atoms with Crippen molar-refractivity contribution in [1.29, 1.82) is 5.26 Å². The van der Waals surface area contributed by atoms with Crippen molar-refractivity contribution < 1.29 is 5.11 Å². The largest absolute Gasteiger partial charge is 0.389 e. The molecule has 1 N–H and O–H groups in total. The Hall–Kier alpha value is -0.890. The van der Waals surface area contributed by atoms with Gasteiger partial charge in [0.2, 0.25) is 0 Å². The molecule has 0 aliphatic rings. The third-order valence-electron chi connectivity index (χ3n) is 2.22. The molecule has 0 saturated carbocycles.